The van der Waals surface area contributed by atoms with Gasteiger partial charge in [-0.3, -0.25) is 4.79 Å². The van der Waals surface area contributed by atoms with Gasteiger partial charge in [-0.1, -0.05) is 13.0 Å². The van der Waals surface area contributed by atoms with E-state index in [1.54, 1.807) is 0 Å². The molecule has 6 heteroatoms. The predicted octanol–water partition coefficient (Wildman–Crippen LogP) is 4.15. The molecule has 1 unspecified atom stereocenters. The van der Waals surface area contributed by atoms with Gasteiger partial charge in [0.25, 0.3) is 0 Å². The number of anilines is 1. The molecule has 1 aliphatic carbocycles. The van der Waals surface area contributed by atoms with E-state index in [0.717, 1.165) is 46.4 Å². The van der Waals surface area contributed by atoms with Crippen molar-refractivity contribution in [3.05, 3.63) is 53.7 Å². The number of aromatic amines is 1. The zero-order valence-electron chi connectivity index (χ0n) is 15.6. The molecule has 0 radical (unpaired) electrons. The van der Waals surface area contributed by atoms with Gasteiger partial charge in [0.2, 0.25) is 12.7 Å². The Hall–Kier alpha value is -2.99. The van der Waals surface area contributed by atoms with E-state index < -0.39 is 5.41 Å². The number of rotatable bonds is 5. The minimum absolute atomic E-state index is 0. The molecule has 1 aliphatic heterocycles. The number of hydrogen-bond donors (Lipinski definition) is 3. The van der Waals surface area contributed by atoms with E-state index >= 15 is 0 Å². The topological polar surface area (TPSA) is 83.6 Å². The summed E-state index contributed by atoms with van der Waals surface area (Å²) in [6.07, 6.45) is 1.64. The SMILES string of the molecule is CC(CO)c1cc2cc(NC(=O)C3(c4ccc5c(c4)OCO5)CC3)ccc2[nH]1.[HH].[HH]. The van der Waals surface area contributed by atoms with Crippen LogP contribution in [0.15, 0.2) is 42.5 Å². The van der Waals surface area contributed by atoms with Crippen LogP contribution in [0.3, 0.4) is 0 Å². The highest BCUT2D eigenvalue weighted by Crippen LogP contribution is 2.51. The third-order valence-electron chi connectivity index (χ3n) is 5.81. The third-order valence-corrected chi connectivity index (χ3v) is 5.81. The molecule has 148 valence electrons. The summed E-state index contributed by atoms with van der Waals surface area (Å²) in [4.78, 5) is 16.4. The van der Waals surface area contributed by atoms with Crippen LogP contribution in [0.5, 0.6) is 11.5 Å². The lowest BCUT2D eigenvalue weighted by Gasteiger charge is -2.16. The highest BCUT2D eigenvalue weighted by molar-refractivity contribution is 6.02. The molecule has 1 saturated carbocycles. The zero-order chi connectivity index (χ0) is 19.3. The van der Waals surface area contributed by atoms with E-state index in [9.17, 15) is 9.90 Å². The number of amides is 1. The first-order valence-electron chi connectivity index (χ1n) is 9.54. The highest BCUT2D eigenvalue weighted by atomic mass is 16.7. The van der Waals surface area contributed by atoms with Crippen LogP contribution in [-0.4, -0.2) is 29.4 Å². The number of carbonyl (C=O) groups is 1. The summed E-state index contributed by atoms with van der Waals surface area (Å²) in [6.45, 7) is 2.29. The molecule has 28 heavy (non-hydrogen) atoms. The van der Waals surface area contributed by atoms with Crippen molar-refractivity contribution >= 4 is 22.5 Å². The average Bonchev–Trinajstić information content (AvgIpc) is 3.20. The van der Waals surface area contributed by atoms with Crippen molar-refractivity contribution in [2.75, 3.05) is 18.7 Å². The molecular weight excluding hydrogens is 356 g/mol. The van der Waals surface area contributed by atoms with Crippen LogP contribution in [0.2, 0.25) is 0 Å². The Morgan fingerprint density at radius 3 is 2.82 bits per heavy atom. The van der Waals surface area contributed by atoms with Gasteiger partial charge in [-0.05, 0) is 54.8 Å². The van der Waals surface area contributed by atoms with Crippen molar-refractivity contribution < 1.29 is 22.2 Å². The molecule has 0 bridgehead atoms. The average molecular weight is 382 g/mol. The standard InChI is InChI=1S/C22H22N2O4.2H2/c1-13(11-25)18-9-14-8-16(3-4-17(14)24-18)23-21(26)22(6-7-22)15-2-5-19-20(10-15)28-12-27-19;;/h2-5,8-10,13,24-25H,6-7,11-12H2,1H3,(H,23,26);2*1H. The minimum atomic E-state index is -0.495. The summed E-state index contributed by atoms with van der Waals surface area (Å²) >= 11 is 0. The molecule has 1 fully saturated rings. The minimum Gasteiger partial charge on any atom is -0.454 e. The largest absolute Gasteiger partial charge is 0.454 e. The number of benzene rings is 2. The third kappa shape index (κ3) is 2.72. The van der Waals surface area contributed by atoms with E-state index in [1.807, 2.05) is 49.4 Å². The van der Waals surface area contributed by atoms with Gasteiger partial charge in [-0.15, -0.1) is 0 Å². The summed E-state index contributed by atoms with van der Waals surface area (Å²) in [6, 6.07) is 13.6. The quantitative estimate of drug-likeness (QED) is 0.619. The van der Waals surface area contributed by atoms with E-state index in [2.05, 4.69) is 10.3 Å². The fourth-order valence-corrected chi connectivity index (χ4v) is 3.81. The van der Waals surface area contributed by atoms with Crippen LogP contribution >= 0.6 is 0 Å². The maximum Gasteiger partial charge on any atom is 0.235 e. The lowest BCUT2D eigenvalue weighted by molar-refractivity contribution is -0.118. The molecule has 2 aromatic carbocycles. The second-order valence-electron chi connectivity index (χ2n) is 7.71. The van der Waals surface area contributed by atoms with Crippen LogP contribution in [-0.2, 0) is 10.2 Å². The lowest BCUT2D eigenvalue weighted by atomic mass is 9.94. The van der Waals surface area contributed by atoms with Crippen molar-refractivity contribution in [2.45, 2.75) is 31.1 Å². The number of hydrogen-bond acceptors (Lipinski definition) is 4. The van der Waals surface area contributed by atoms with Crippen molar-refractivity contribution in [1.29, 1.82) is 0 Å². The van der Waals surface area contributed by atoms with Gasteiger partial charge >= 0.3 is 0 Å². The van der Waals surface area contributed by atoms with E-state index in [0.29, 0.717) is 5.75 Å². The Morgan fingerprint density at radius 2 is 2.04 bits per heavy atom. The molecule has 2 aliphatic rings. The van der Waals surface area contributed by atoms with Crippen LogP contribution in [0.1, 0.15) is 39.8 Å². The number of nitrogens with one attached hydrogen (secondary N) is 2. The van der Waals surface area contributed by atoms with Gasteiger partial charge in [0, 0.05) is 31.1 Å². The number of ether oxygens (including phenoxy) is 2. The zero-order valence-corrected chi connectivity index (χ0v) is 15.6. The van der Waals surface area contributed by atoms with E-state index in [4.69, 9.17) is 9.47 Å². The first kappa shape index (κ1) is 17.1. The Balaban J connectivity index is 0.00000128. The molecule has 1 aromatic heterocycles. The van der Waals surface area contributed by atoms with Crippen molar-refractivity contribution in [2.24, 2.45) is 0 Å². The van der Waals surface area contributed by atoms with Gasteiger partial charge < -0.3 is 24.9 Å². The molecule has 0 saturated heterocycles. The van der Waals surface area contributed by atoms with Crippen LogP contribution < -0.4 is 14.8 Å². The summed E-state index contributed by atoms with van der Waals surface area (Å²) < 4.78 is 10.8. The molecule has 5 rings (SSSR count). The maximum absolute atomic E-state index is 13.1. The van der Waals surface area contributed by atoms with Gasteiger partial charge in [0.15, 0.2) is 11.5 Å². The Labute approximate surface area is 165 Å². The number of carbonyl (C=O) groups excluding carboxylic acids is 1. The number of fused-ring (bicyclic) bond motifs is 2. The van der Waals surface area contributed by atoms with Crippen LogP contribution in [0.25, 0.3) is 10.9 Å². The van der Waals surface area contributed by atoms with Crippen LogP contribution in [0, 0.1) is 0 Å². The smallest absolute Gasteiger partial charge is 0.235 e. The molecule has 1 atom stereocenters. The first-order chi connectivity index (χ1) is 13.6. The number of aromatic nitrogens is 1. The first-order valence-corrected chi connectivity index (χ1v) is 9.54. The Kier molecular flexibility index (Phi) is 3.84. The molecule has 3 N–H and O–H groups in total. The molecule has 0 spiro atoms. The second-order valence-corrected chi connectivity index (χ2v) is 7.71. The van der Waals surface area contributed by atoms with Gasteiger partial charge in [0.05, 0.1) is 12.0 Å². The van der Waals surface area contributed by atoms with Gasteiger partial charge in [0.1, 0.15) is 0 Å². The summed E-state index contributed by atoms with van der Waals surface area (Å²) in [7, 11) is 0. The monoisotopic (exact) mass is 382 g/mol. The number of H-pyrrole nitrogens is 1. The van der Waals surface area contributed by atoms with Gasteiger partial charge in [-0.2, -0.15) is 0 Å². The summed E-state index contributed by atoms with van der Waals surface area (Å²) in [5.41, 5.74) is 3.22. The van der Waals surface area contributed by atoms with Crippen molar-refractivity contribution in [3.8, 4) is 11.5 Å². The van der Waals surface area contributed by atoms with Crippen LogP contribution in [0.4, 0.5) is 5.69 Å². The van der Waals surface area contributed by atoms with Crippen molar-refractivity contribution in [3.63, 3.8) is 0 Å². The Morgan fingerprint density at radius 1 is 1.21 bits per heavy atom. The number of aliphatic hydroxyl groups is 1. The normalized spacial score (nSPS) is 17.5. The van der Waals surface area contributed by atoms with Gasteiger partial charge in [-0.25, -0.2) is 0 Å². The maximum atomic E-state index is 13.1. The predicted molar refractivity (Wildman–Crippen MR) is 110 cm³/mol. The fourth-order valence-electron chi connectivity index (χ4n) is 3.81. The molecule has 2 heterocycles. The van der Waals surface area contributed by atoms with Crippen molar-refractivity contribution in [1.82, 2.24) is 4.98 Å². The summed E-state index contributed by atoms with van der Waals surface area (Å²) in [5.74, 6) is 1.48. The molecular formula is C22H26N2O4. The van der Waals surface area contributed by atoms with E-state index in [-0.39, 0.29) is 28.1 Å². The fraction of sp³-hybridized carbons (Fsp3) is 0.318. The lowest BCUT2D eigenvalue weighted by Crippen LogP contribution is -2.27. The summed E-state index contributed by atoms with van der Waals surface area (Å²) in [5, 5.41) is 13.5. The second kappa shape index (κ2) is 6.27. The molecule has 3 aromatic rings. The van der Waals surface area contributed by atoms with E-state index in [1.165, 1.54) is 0 Å². The molecule has 6 nitrogen and oxygen atoms in total. The molecule has 1 amide bonds. The number of aliphatic hydroxyl groups excluding tert-OH is 1. The highest BCUT2D eigenvalue weighted by Gasteiger charge is 2.51. The Bertz CT molecular complexity index is 1080.